The summed E-state index contributed by atoms with van der Waals surface area (Å²) in [5.74, 6) is 0.506. The van der Waals surface area contributed by atoms with Crippen LogP contribution in [0, 0.1) is 5.92 Å². The number of halogens is 1. The van der Waals surface area contributed by atoms with E-state index < -0.39 is 15.9 Å². The number of carbonyl (C=O) groups excluding carboxylic acids is 1. The third-order valence-electron chi connectivity index (χ3n) is 4.47. The number of aromatic nitrogens is 3. The third-order valence-corrected chi connectivity index (χ3v) is 6.10. The van der Waals surface area contributed by atoms with Crippen LogP contribution in [0.1, 0.15) is 23.7 Å². The molecule has 2 aromatic heterocycles. The number of ether oxygens (including phenoxy) is 1. The van der Waals surface area contributed by atoms with E-state index in [9.17, 15) is 13.2 Å². The smallest absolute Gasteiger partial charge is 0.268 e. The van der Waals surface area contributed by atoms with Crippen LogP contribution in [0.5, 0.6) is 5.88 Å². The molecule has 2 atom stereocenters. The summed E-state index contributed by atoms with van der Waals surface area (Å²) in [5.41, 5.74) is -0.0645. The molecule has 3 aromatic rings. The zero-order chi connectivity index (χ0) is 20.6. The lowest BCUT2D eigenvalue weighted by atomic mass is 10.3. The number of carbonyl (C=O) groups is 1. The van der Waals surface area contributed by atoms with E-state index in [1.165, 1.54) is 28.9 Å². The molecule has 1 amide bonds. The van der Waals surface area contributed by atoms with Crippen LogP contribution in [0.2, 0.25) is 5.15 Å². The fourth-order valence-corrected chi connectivity index (χ4v) is 3.88. The molecule has 0 spiro atoms. The molecule has 1 fully saturated rings. The minimum atomic E-state index is -4.01. The Morgan fingerprint density at radius 2 is 1.93 bits per heavy atom. The van der Waals surface area contributed by atoms with Crippen molar-refractivity contribution >= 4 is 27.5 Å². The summed E-state index contributed by atoms with van der Waals surface area (Å²) in [7, 11) is -4.01. The van der Waals surface area contributed by atoms with Gasteiger partial charge in [-0.05, 0) is 36.6 Å². The van der Waals surface area contributed by atoms with Crippen LogP contribution >= 0.6 is 11.6 Å². The highest BCUT2D eigenvalue weighted by Gasteiger charge is 2.35. The van der Waals surface area contributed by atoms with E-state index in [1.54, 1.807) is 30.5 Å². The van der Waals surface area contributed by atoms with Gasteiger partial charge in [-0.25, -0.2) is 22.8 Å². The average Bonchev–Trinajstić information content (AvgIpc) is 3.18. The minimum Gasteiger partial charge on any atom is -0.473 e. The van der Waals surface area contributed by atoms with Gasteiger partial charge in [-0.3, -0.25) is 4.79 Å². The molecule has 0 bridgehead atoms. The normalized spacial score (nSPS) is 18.3. The highest BCUT2D eigenvalue weighted by Crippen LogP contribution is 2.33. The van der Waals surface area contributed by atoms with Crippen molar-refractivity contribution in [2.45, 2.75) is 24.3 Å². The predicted molar refractivity (Wildman–Crippen MR) is 106 cm³/mol. The Morgan fingerprint density at radius 3 is 2.59 bits per heavy atom. The van der Waals surface area contributed by atoms with Gasteiger partial charge in [0.05, 0.1) is 10.5 Å². The van der Waals surface area contributed by atoms with Crippen molar-refractivity contribution in [2.75, 3.05) is 0 Å². The summed E-state index contributed by atoms with van der Waals surface area (Å²) in [6, 6.07) is 12.2. The molecule has 4 rings (SSSR count). The molecule has 29 heavy (non-hydrogen) atoms. The maximum absolute atomic E-state index is 12.4. The van der Waals surface area contributed by atoms with Gasteiger partial charge in [-0.1, -0.05) is 36.7 Å². The Morgan fingerprint density at radius 1 is 1.21 bits per heavy atom. The van der Waals surface area contributed by atoms with E-state index in [0.717, 1.165) is 6.42 Å². The minimum absolute atomic E-state index is 0.0249. The van der Waals surface area contributed by atoms with Crippen molar-refractivity contribution in [2.24, 2.45) is 5.92 Å². The van der Waals surface area contributed by atoms with Crippen LogP contribution in [0.4, 0.5) is 0 Å². The standard InChI is InChI=1S/C19H17ClN4O4S/c1-12-11-15(12)28-17-9-10-24(22-17)16-8-7-14(18(20)21-16)19(25)23-29(26,27)13-5-3-2-4-6-13/h2-10,12,15H,11H2,1H3,(H,23,25)/t12-,15+/m0/s1. The number of nitrogens with zero attached hydrogens (tertiary/aromatic N) is 3. The molecule has 0 unspecified atom stereocenters. The van der Waals surface area contributed by atoms with Crippen molar-refractivity contribution in [3.63, 3.8) is 0 Å². The Bertz CT molecular complexity index is 1160. The quantitative estimate of drug-likeness (QED) is 0.601. The molecule has 8 nitrogen and oxygen atoms in total. The van der Waals surface area contributed by atoms with Gasteiger partial charge in [0.15, 0.2) is 5.82 Å². The first kappa shape index (κ1) is 19.4. The van der Waals surface area contributed by atoms with Crippen molar-refractivity contribution in [1.82, 2.24) is 19.5 Å². The molecule has 1 saturated carbocycles. The van der Waals surface area contributed by atoms with Gasteiger partial charge in [0, 0.05) is 12.3 Å². The fourth-order valence-electron chi connectivity index (χ4n) is 2.66. The number of nitrogens with one attached hydrogen (secondary N) is 1. The molecule has 0 aliphatic heterocycles. The fraction of sp³-hybridized carbons (Fsp3) is 0.211. The molecular weight excluding hydrogens is 416 g/mol. The lowest BCUT2D eigenvalue weighted by Crippen LogP contribution is -2.31. The second-order valence-corrected chi connectivity index (χ2v) is 8.76. The second-order valence-electron chi connectivity index (χ2n) is 6.72. The molecule has 2 heterocycles. The molecular formula is C19H17ClN4O4S. The van der Waals surface area contributed by atoms with Crippen molar-refractivity contribution in [3.05, 3.63) is 65.4 Å². The number of hydrogen-bond acceptors (Lipinski definition) is 6. The predicted octanol–water partition coefficient (Wildman–Crippen LogP) is 2.83. The largest absolute Gasteiger partial charge is 0.473 e. The highest BCUT2D eigenvalue weighted by atomic mass is 35.5. The van der Waals surface area contributed by atoms with Gasteiger partial charge in [0.25, 0.3) is 15.9 Å². The Kier molecular flexibility index (Phi) is 5.01. The molecule has 1 aliphatic carbocycles. The van der Waals surface area contributed by atoms with Gasteiger partial charge >= 0.3 is 0 Å². The van der Waals surface area contributed by atoms with Crippen molar-refractivity contribution in [1.29, 1.82) is 0 Å². The first-order chi connectivity index (χ1) is 13.8. The van der Waals surface area contributed by atoms with Crippen molar-refractivity contribution < 1.29 is 17.9 Å². The van der Waals surface area contributed by atoms with Crippen molar-refractivity contribution in [3.8, 4) is 11.7 Å². The van der Waals surface area contributed by atoms with Crippen LogP contribution < -0.4 is 9.46 Å². The van der Waals surface area contributed by atoms with Gasteiger partial charge < -0.3 is 4.74 Å². The highest BCUT2D eigenvalue weighted by molar-refractivity contribution is 7.90. The SMILES string of the molecule is C[C@H]1C[C@H]1Oc1ccn(-c2ccc(C(=O)NS(=O)(=O)c3ccccc3)c(Cl)n2)n1. The summed E-state index contributed by atoms with van der Waals surface area (Å²) in [6.45, 7) is 2.10. The molecule has 0 saturated heterocycles. The van der Waals surface area contributed by atoms with E-state index in [-0.39, 0.29) is 21.7 Å². The lowest BCUT2D eigenvalue weighted by Gasteiger charge is -2.09. The zero-order valence-electron chi connectivity index (χ0n) is 15.3. The summed E-state index contributed by atoms with van der Waals surface area (Å²) in [6.07, 6.45) is 2.86. The van der Waals surface area contributed by atoms with Gasteiger partial charge in [0.1, 0.15) is 11.3 Å². The Hall–Kier alpha value is -2.91. The first-order valence-electron chi connectivity index (χ1n) is 8.85. The van der Waals surface area contributed by atoms with Crippen LogP contribution in [-0.4, -0.2) is 35.2 Å². The third kappa shape index (κ3) is 4.25. The van der Waals surface area contributed by atoms with Gasteiger partial charge in [-0.2, -0.15) is 0 Å². The molecule has 1 N–H and O–H groups in total. The summed E-state index contributed by atoms with van der Waals surface area (Å²) in [5, 5.41) is 4.15. The summed E-state index contributed by atoms with van der Waals surface area (Å²) in [4.78, 5) is 16.5. The van der Waals surface area contributed by atoms with E-state index in [0.29, 0.717) is 17.6 Å². The number of benzene rings is 1. The Balaban J connectivity index is 1.50. The topological polar surface area (TPSA) is 103 Å². The number of rotatable bonds is 6. The molecule has 150 valence electrons. The number of hydrogen-bond donors (Lipinski definition) is 1. The summed E-state index contributed by atoms with van der Waals surface area (Å²) >= 11 is 6.13. The maximum atomic E-state index is 12.4. The Labute approximate surface area is 172 Å². The monoisotopic (exact) mass is 432 g/mol. The first-order valence-corrected chi connectivity index (χ1v) is 10.7. The van der Waals surface area contributed by atoms with E-state index in [2.05, 4.69) is 17.0 Å². The number of sulfonamides is 1. The zero-order valence-corrected chi connectivity index (χ0v) is 16.9. The van der Waals surface area contributed by atoms with Crippen LogP contribution in [0.15, 0.2) is 59.6 Å². The van der Waals surface area contributed by atoms with Crippen LogP contribution in [0.3, 0.4) is 0 Å². The van der Waals surface area contributed by atoms with Gasteiger partial charge in [0.2, 0.25) is 5.88 Å². The van der Waals surface area contributed by atoms with E-state index in [4.69, 9.17) is 16.3 Å². The molecule has 1 aliphatic rings. The maximum Gasteiger partial charge on any atom is 0.268 e. The number of pyridine rings is 1. The average molecular weight is 433 g/mol. The molecule has 1 aromatic carbocycles. The second kappa shape index (κ2) is 7.49. The lowest BCUT2D eigenvalue weighted by molar-refractivity contribution is 0.0981. The van der Waals surface area contributed by atoms with Crippen LogP contribution in [0.25, 0.3) is 5.82 Å². The van der Waals surface area contributed by atoms with E-state index in [1.807, 2.05) is 4.72 Å². The van der Waals surface area contributed by atoms with Crippen LogP contribution in [-0.2, 0) is 10.0 Å². The molecule has 0 radical (unpaired) electrons. The van der Waals surface area contributed by atoms with E-state index >= 15 is 0 Å². The molecule has 10 heteroatoms. The summed E-state index contributed by atoms with van der Waals surface area (Å²) < 4.78 is 33.8. The van der Waals surface area contributed by atoms with Gasteiger partial charge in [-0.15, -0.1) is 5.10 Å². The number of amides is 1.